The summed E-state index contributed by atoms with van der Waals surface area (Å²) in [5.41, 5.74) is 1.88. The molecule has 25 heavy (non-hydrogen) atoms. The predicted octanol–water partition coefficient (Wildman–Crippen LogP) is 5.62. The molecule has 0 N–H and O–H groups in total. The van der Waals surface area contributed by atoms with Gasteiger partial charge in [-0.2, -0.15) is 0 Å². The fraction of sp³-hybridized carbons (Fsp3) is 0.333. The molecule has 1 aliphatic carbocycles. The Morgan fingerprint density at radius 1 is 0.960 bits per heavy atom. The standard InChI is InChI=1S/C21H22O3S/c1-15-21(25(22,23)18-10-6-3-7-11-18)19-14-17(12-13-20(19)24-15)16-8-4-2-5-9-16/h3,6-7,10-14,16H,2,4-5,8-9H2,1H3. The van der Waals surface area contributed by atoms with Gasteiger partial charge in [-0.3, -0.25) is 0 Å². The average molecular weight is 354 g/mol. The maximum absolute atomic E-state index is 13.2. The van der Waals surface area contributed by atoms with E-state index in [4.69, 9.17) is 4.42 Å². The minimum atomic E-state index is -3.59. The van der Waals surface area contributed by atoms with E-state index in [0.717, 1.165) is 0 Å². The molecule has 1 heterocycles. The van der Waals surface area contributed by atoms with Crippen LogP contribution in [-0.2, 0) is 9.84 Å². The van der Waals surface area contributed by atoms with E-state index in [1.165, 1.54) is 37.7 Å². The molecule has 0 aliphatic heterocycles. The maximum Gasteiger partial charge on any atom is 0.210 e. The van der Waals surface area contributed by atoms with Gasteiger partial charge in [-0.05, 0) is 55.5 Å². The number of rotatable bonds is 3. The van der Waals surface area contributed by atoms with Crippen LogP contribution < -0.4 is 0 Å². The number of furan rings is 1. The summed E-state index contributed by atoms with van der Waals surface area (Å²) in [6.07, 6.45) is 6.17. The van der Waals surface area contributed by atoms with Crippen molar-refractivity contribution in [1.82, 2.24) is 0 Å². The molecule has 2 aromatic carbocycles. The van der Waals surface area contributed by atoms with Crippen molar-refractivity contribution in [2.45, 2.75) is 54.7 Å². The van der Waals surface area contributed by atoms with Gasteiger partial charge in [0.15, 0.2) is 0 Å². The second-order valence-corrected chi connectivity index (χ2v) is 8.78. The van der Waals surface area contributed by atoms with Crippen LogP contribution >= 0.6 is 0 Å². The van der Waals surface area contributed by atoms with Crippen LogP contribution in [-0.4, -0.2) is 8.42 Å². The Morgan fingerprint density at radius 3 is 2.40 bits per heavy atom. The molecule has 0 radical (unpaired) electrons. The Bertz CT molecular complexity index is 994. The van der Waals surface area contributed by atoms with Crippen molar-refractivity contribution in [3.05, 3.63) is 59.9 Å². The van der Waals surface area contributed by atoms with E-state index >= 15 is 0 Å². The van der Waals surface area contributed by atoms with Gasteiger partial charge < -0.3 is 4.42 Å². The number of benzene rings is 2. The second-order valence-electron chi connectivity index (χ2n) is 6.89. The summed E-state index contributed by atoms with van der Waals surface area (Å²) in [4.78, 5) is 0.621. The predicted molar refractivity (Wildman–Crippen MR) is 98.7 cm³/mol. The van der Waals surface area contributed by atoms with Gasteiger partial charge in [0.25, 0.3) is 0 Å². The second kappa shape index (κ2) is 6.34. The van der Waals surface area contributed by atoms with E-state index < -0.39 is 9.84 Å². The molecule has 4 heteroatoms. The van der Waals surface area contributed by atoms with Gasteiger partial charge in [-0.15, -0.1) is 0 Å². The van der Waals surface area contributed by atoms with Crippen LogP contribution in [0.25, 0.3) is 11.0 Å². The van der Waals surface area contributed by atoms with Crippen LogP contribution in [0, 0.1) is 6.92 Å². The highest BCUT2D eigenvalue weighted by molar-refractivity contribution is 7.91. The lowest BCUT2D eigenvalue weighted by Gasteiger charge is -2.21. The van der Waals surface area contributed by atoms with Crippen molar-refractivity contribution in [1.29, 1.82) is 0 Å². The summed E-state index contributed by atoms with van der Waals surface area (Å²) in [5.74, 6) is 0.986. The number of aryl methyl sites for hydroxylation is 1. The molecule has 1 aromatic heterocycles. The summed E-state index contributed by atoms with van der Waals surface area (Å²) in [6, 6.07) is 14.7. The third-order valence-corrected chi connectivity index (χ3v) is 7.17. The largest absolute Gasteiger partial charge is 0.460 e. The molecule has 0 saturated heterocycles. The Hall–Kier alpha value is -2.07. The Kier molecular flexibility index (Phi) is 4.16. The summed E-state index contributed by atoms with van der Waals surface area (Å²) in [6.45, 7) is 1.73. The fourth-order valence-electron chi connectivity index (χ4n) is 3.96. The van der Waals surface area contributed by atoms with Crippen molar-refractivity contribution >= 4 is 20.8 Å². The lowest BCUT2D eigenvalue weighted by molar-refractivity contribution is 0.444. The number of fused-ring (bicyclic) bond motifs is 1. The zero-order valence-electron chi connectivity index (χ0n) is 14.4. The maximum atomic E-state index is 13.2. The molecule has 0 amide bonds. The lowest BCUT2D eigenvalue weighted by atomic mass is 9.84. The van der Waals surface area contributed by atoms with Crippen LogP contribution in [0.15, 0.2) is 62.7 Å². The van der Waals surface area contributed by atoms with Crippen molar-refractivity contribution in [3.8, 4) is 0 Å². The molecule has 1 fully saturated rings. The smallest absolute Gasteiger partial charge is 0.210 e. The number of hydrogen-bond donors (Lipinski definition) is 0. The molecule has 130 valence electrons. The molecule has 3 nitrogen and oxygen atoms in total. The Labute approximate surface area is 148 Å². The topological polar surface area (TPSA) is 47.3 Å². The van der Waals surface area contributed by atoms with Gasteiger partial charge in [0.2, 0.25) is 9.84 Å². The van der Waals surface area contributed by atoms with E-state index in [9.17, 15) is 8.42 Å². The van der Waals surface area contributed by atoms with E-state index in [1.54, 1.807) is 31.2 Å². The monoisotopic (exact) mass is 354 g/mol. The summed E-state index contributed by atoms with van der Waals surface area (Å²) >= 11 is 0. The molecule has 0 unspecified atom stereocenters. The fourth-order valence-corrected chi connectivity index (χ4v) is 5.58. The van der Waals surface area contributed by atoms with Crippen molar-refractivity contribution in [3.63, 3.8) is 0 Å². The minimum Gasteiger partial charge on any atom is -0.460 e. The Balaban J connectivity index is 1.87. The quantitative estimate of drug-likeness (QED) is 0.613. The molecule has 0 spiro atoms. The SMILES string of the molecule is Cc1oc2ccc(C3CCCCC3)cc2c1S(=O)(=O)c1ccccc1. The molecule has 0 atom stereocenters. The van der Waals surface area contributed by atoms with Gasteiger partial charge >= 0.3 is 0 Å². The zero-order valence-corrected chi connectivity index (χ0v) is 15.2. The number of hydrogen-bond acceptors (Lipinski definition) is 3. The molecule has 1 aliphatic rings. The molecule has 3 aromatic rings. The molecular weight excluding hydrogens is 332 g/mol. The highest BCUT2D eigenvalue weighted by Crippen LogP contribution is 2.38. The minimum absolute atomic E-state index is 0.309. The summed E-state index contributed by atoms with van der Waals surface area (Å²) < 4.78 is 32.1. The van der Waals surface area contributed by atoms with E-state index in [2.05, 4.69) is 6.07 Å². The lowest BCUT2D eigenvalue weighted by Crippen LogP contribution is -2.05. The highest BCUT2D eigenvalue weighted by atomic mass is 32.2. The van der Waals surface area contributed by atoms with Crippen LogP contribution in [0.5, 0.6) is 0 Å². The average Bonchev–Trinajstić information content (AvgIpc) is 2.98. The van der Waals surface area contributed by atoms with Gasteiger partial charge in [0.05, 0.1) is 4.90 Å². The summed E-state index contributed by atoms with van der Waals surface area (Å²) in [7, 11) is -3.59. The molecule has 4 rings (SSSR count). The van der Waals surface area contributed by atoms with Gasteiger partial charge in [-0.1, -0.05) is 43.5 Å². The van der Waals surface area contributed by atoms with Crippen molar-refractivity contribution < 1.29 is 12.8 Å². The van der Waals surface area contributed by atoms with E-state index in [0.29, 0.717) is 32.4 Å². The Morgan fingerprint density at radius 2 is 1.68 bits per heavy atom. The van der Waals surface area contributed by atoms with Crippen LogP contribution in [0.1, 0.15) is 49.3 Å². The normalized spacial score (nSPS) is 16.4. The van der Waals surface area contributed by atoms with Gasteiger partial charge in [0.1, 0.15) is 16.2 Å². The summed E-state index contributed by atoms with van der Waals surface area (Å²) in [5, 5.41) is 0.712. The zero-order chi connectivity index (χ0) is 17.4. The first-order chi connectivity index (χ1) is 12.1. The molecule has 0 bridgehead atoms. The van der Waals surface area contributed by atoms with Crippen LogP contribution in [0.4, 0.5) is 0 Å². The molecular formula is C21H22O3S. The first kappa shape index (κ1) is 16.4. The van der Waals surface area contributed by atoms with Crippen molar-refractivity contribution in [2.24, 2.45) is 0 Å². The van der Waals surface area contributed by atoms with Gasteiger partial charge in [-0.25, -0.2) is 8.42 Å². The molecule has 1 saturated carbocycles. The van der Waals surface area contributed by atoms with Crippen molar-refractivity contribution in [2.75, 3.05) is 0 Å². The van der Waals surface area contributed by atoms with Crippen LogP contribution in [0.2, 0.25) is 0 Å². The highest BCUT2D eigenvalue weighted by Gasteiger charge is 2.27. The van der Waals surface area contributed by atoms with Crippen LogP contribution in [0.3, 0.4) is 0 Å². The third-order valence-electron chi connectivity index (χ3n) is 5.23. The first-order valence-electron chi connectivity index (χ1n) is 8.90. The van der Waals surface area contributed by atoms with Gasteiger partial charge in [0, 0.05) is 5.39 Å². The first-order valence-corrected chi connectivity index (χ1v) is 10.4. The van der Waals surface area contributed by atoms with E-state index in [1.807, 2.05) is 18.2 Å². The van der Waals surface area contributed by atoms with E-state index in [-0.39, 0.29) is 0 Å². The number of sulfone groups is 1. The third kappa shape index (κ3) is 2.89.